The first-order valence-electron chi connectivity index (χ1n) is 6.53. The van der Waals surface area contributed by atoms with Gasteiger partial charge in [0.15, 0.2) is 0 Å². The lowest BCUT2D eigenvalue weighted by atomic mass is 10.5. The lowest BCUT2D eigenvalue weighted by molar-refractivity contribution is 0.142. The molecule has 0 aromatic heterocycles. The smallest absolute Gasteiger partial charge is 0.374 e. The molecule has 0 fully saturated rings. The minimum Gasteiger partial charge on any atom is -0.455 e. The Morgan fingerprint density at radius 2 is 1.18 bits per heavy atom. The lowest BCUT2D eigenvalue weighted by Crippen LogP contribution is -2.32. The van der Waals surface area contributed by atoms with Crippen molar-refractivity contribution in [3.8, 4) is 0 Å². The molecule has 0 aromatic rings. The maximum Gasteiger partial charge on any atom is 0.374 e. The molecule has 0 rings (SSSR count). The number of thioether (sulfide) groups is 2. The minimum atomic E-state index is -0.442. The standard InChI is InChI=1S/C12H20N2O4S4/c1-7(2)17-11(15)21-9(19)13-5-6-14-10(20)22-12(16)18-8(3)4/h7-8H,5-6H2,1-4H3,(H,13,19)(H,14,20). The van der Waals surface area contributed by atoms with Crippen molar-refractivity contribution in [1.29, 1.82) is 0 Å². The molecule has 0 bridgehead atoms. The van der Waals surface area contributed by atoms with E-state index >= 15 is 0 Å². The quantitative estimate of drug-likeness (QED) is 0.419. The molecule has 0 saturated carbocycles. The maximum atomic E-state index is 11.3. The Hall–Kier alpha value is -0.580. The fourth-order valence-electron chi connectivity index (χ4n) is 0.986. The summed E-state index contributed by atoms with van der Waals surface area (Å²) in [4.78, 5) is 22.7. The topological polar surface area (TPSA) is 76.7 Å². The third kappa shape index (κ3) is 13.1. The summed E-state index contributed by atoms with van der Waals surface area (Å²) in [6.07, 6.45) is -0.353. The number of carbonyl (C=O) groups excluding carboxylic acids is 2. The molecule has 22 heavy (non-hydrogen) atoms. The van der Waals surface area contributed by atoms with Crippen molar-refractivity contribution in [2.24, 2.45) is 0 Å². The summed E-state index contributed by atoms with van der Waals surface area (Å²) in [5.41, 5.74) is 0. The van der Waals surface area contributed by atoms with Gasteiger partial charge in [-0.15, -0.1) is 0 Å². The van der Waals surface area contributed by atoms with Crippen LogP contribution in [0.2, 0.25) is 0 Å². The van der Waals surface area contributed by atoms with E-state index in [0.29, 0.717) is 21.7 Å². The number of thiocarbonyl (C=S) groups is 2. The molecule has 0 heterocycles. The third-order valence-electron chi connectivity index (χ3n) is 1.68. The molecule has 0 atom stereocenters. The third-order valence-corrected chi connectivity index (χ3v) is 3.65. The Labute approximate surface area is 149 Å². The zero-order valence-corrected chi connectivity index (χ0v) is 16.1. The van der Waals surface area contributed by atoms with E-state index in [-0.39, 0.29) is 12.2 Å². The molecule has 0 aliphatic carbocycles. The van der Waals surface area contributed by atoms with Crippen LogP contribution in [0.15, 0.2) is 0 Å². The summed E-state index contributed by atoms with van der Waals surface area (Å²) in [6.45, 7) is 7.98. The monoisotopic (exact) mass is 384 g/mol. The van der Waals surface area contributed by atoms with Crippen molar-refractivity contribution in [1.82, 2.24) is 10.6 Å². The van der Waals surface area contributed by atoms with Crippen molar-refractivity contribution < 1.29 is 19.1 Å². The average Bonchev–Trinajstić information content (AvgIpc) is 2.32. The van der Waals surface area contributed by atoms with Gasteiger partial charge in [-0.3, -0.25) is 0 Å². The van der Waals surface area contributed by atoms with Gasteiger partial charge in [-0.1, -0.05) is 24.4 Å². The molecule has 0 amide bonds. The first-order valence-corrected chi connectivity index (χ1v) is 8.98. The molecular formula is C12H20N2O4S4. The number of hydrogen-bond acceptors (Lipinski definition) is 8. The van der Waals surface area contributed by atoms with Crippen LogP contribution in [0.25, 0.3) is 0 Å². The van der Waals surface area contributed by atoms with Crippen LogP contribution in [0, 0.1) is 0 Å². The number of rotatable bonds is 5. The molecule has 0 unspecified atom stereocenters. The summed E-state index contributed by atoms with van der Waals surface area (Å²) < 4.78 is 10.5. The van der Waals surface area contributed by atoms with Crippen LogP contribution in [-0.2, 0) is 9.47 Å². The predicted molar refractivity (Wildman–Crippen MR) is 99.6 cm³/mol. The minimum absolute atomic E-state index is 0.176. The van der Waals surface area contributed by atoms with Gasteiger partial charge in [0, 0.05) is 36.6 Å². The fourth-order valence-corrected chi connectivity index (χ4v) is 2.73. The van der Waals surface area contributed by atoms with E-state index in [1.165, 1.54) is 0 Å². The van der Waals surface area contributed by atoms with Crippen molar-refractivity contribution in [3.63, 3.8) is 0 Å². The van der Waals surface area contributed by atoms with E-state index in [1.54, 1.807) is 27.7 Å². The number of nitrogens with one attached hydrogen (secondary N) is 2. The van der Waals surface area contributed by atoms with E-state index in [4.69, 9.17) is 33.9 Å². The largest absolute Gasteiger partial charge is 0.455 e. The zero-order valence-electron chi connectivity index (χ0n) is 12.8. The Balaban J connectivity index is 3.75. The number of carbonyl (C=O) groups is 2. The molecule has 0 aliphatic rings. The van der Waals surface area contributed by atoms with Gasteiger partial charge in [0.2, 0.25) is 0 Å². The second kappa shape index (κ2) is 11.9. The Morgan fingerprint density at radius 1 is 0.864 bits per heavy atom. The van der Waals surface area contributed by atoms with Crippen LogP contribution < -0.4 is 10.6 Å². The molecule has 0 radical (unpaired) electrons. The van der Waals surface area contributed by atoms with Crippen molar-refractivity contribution >= 4 is 67.2 Å². The highest BCUT2D eigenvalue weighted by Crippen LogP contribution is 2.09. The Morgan fingerprint density at radius 3 is 1.45 bits per heavy atom. The van der Waals surface area contributed by atoms with Gasteiger partial charge in [-0.05, 0) is 27.7 Å². The molecule has 0 saturated heterocycles. The van der Waals surface area contributed by atoms with Gasteiger partial charge < -0.3 is 20.1 Å². The van der Waals surface area contributed by atoms with Gasteiger partial charge in [-0.25, -0.2) is 9.59 Å². The first-order chi connectivity index (χ1) is 10.2. The van der Waals surface area contributed by atoms with Gasteiger partial charge in [-0.2, -0.15) is 0 Å². The number of ether oxygens (including phenoxy) is 2. The van der Waals surface area contributed by atoms with Crippen molar-refractivity contribution in [2.45, 2.75) is 39.9 Å². The van der Waals surface area contributed by atoms with E-state index < -0.39 is 10.6 Å². The Kier molecular flexibility index (Phi) is 11.6. The highest BCUT2D eigenvalue weighted by Gasteiger charge is 2.11. The maximum absolute atomic E-state index is 11.3. The molecule has 10 heteroatoms. The average molecular weight is 385 g/mol. The van der Waals surface area contributed by atoms with Crippen LogP contribution in [0.1, 0.15) is 27.7 Å². The lowest BCUT2D eigenvalue weighted by Gasteiger charge is -2.11. The van der Waals surface area contributed by atoms with Crippen molar-refractivity contribution in [3.05, 3.63) is 0 Å². The Bertz CT molecular complexity index is 378. The summed E-state index contributed by atoms with van der Waals surface area (Å²) in [7, 11) is 0. The molecule has 2 N–H and O–H groups in total. The number of hydrogen-bond donors (Lipinski definition) is 2. The van der Waals surface area contributed by atoms with Crippen LogP contribution in [0.3, 0.4) is 0 Å². The van der Waals surface area contributed by atoms with Gasteiger partial charge in [0.05, 0.1) is 12.2 Å². The molecule has 6 nitrogen and oxygen atoms in total. The second-order valence-electron chi connectivity index (χ2n) is 4.47. The van der Waals surface area contributed by atoms with Gasteiger partial charge >= 0.3 is 10.6 Å². The van der Waals surface area contributed by atoms with Gasteiger partial charge in [0.25, 0.3) is 0 Å². The van der Waals surface area contributed by atoms with E-state index in [1.807, 2.05) is 0 Å². The van der Waals surface area contributed by atoms with Crippen molar-refractivity contribution in [2.75, 3.05) is 13.1 Å². The van der Waals surface area contributed by atoms with Crippen LogP contribution in [-0.4, -0.2) is 44.5 Å². The SMILES string of the molecule is CC(C)OC(=O)SC(=S)NCCNC(=S)SC(=O)OC(C)C. The molecule has 0 aromatic carbocycles. The summed E-state index contributed by atoms with van der Waals surface area (Å²) in [6, 6.07) is 0. The van der Waals surface area contributed by atoms with E-state index in [0.717, 1.165) is 23.5 Å². The van der Waals surface area contributed by atoms with Crippen LogP contribution in [0.5, 0.6) is 0 Å². The van der Waals surface area contributed by atoms with Crippen LogP contribution >= 0.6 is 48.0 Å². The molecule has 0 spiro atoms. The van der Waals surface area contributed by atoms with E-state index in [9.17, 15) is 9.59 Å². The molecule has 0 aliphatic heterocycles. The predicted octanol–water partition coefficient (Wildman–Crippen LogP) is 3.29. The summed E-state index contributed by atoms with van der Waals surface area (Å²) in [5, 5.41) is 4.86. The first kappa shape index (κ1) is 21.4. The molecule has 126 valence electrons. The van der Waals surface area contributed by atoms with E-state index in [2.05, 4.69) is 10.6 Å². The summed E-state index contributed by atoms with van der Waals surface area (Å²) in [5.74, 6) is 0. The fraction of sp³-hybridized carbons (Fsp3) is 0.667. The molecular weight excluding hydrogens is 364 g/mol. The van der Waals surface area contributed by atoms with Crippen LogP contribution in [0.4, 0.5) is 9.59 Å². The highest BCUT2D eigenvalue weighted by molar-refractivity contribution is 8.32. The van der Waals surface area contributed by atoms with Gasteiger partial charge in [0.1, 0.15) is 8.64 Å². The normalized spacial score (nSPS) is 10.3. The second-order valence-corrected chi connectivity index (χ2v) is 7.69. The highest BCUT2D eigenvalue weighted by atomic mass is 32.2. The summed E-state index contributed by atoms with van der Waals surface area (Å²) >= 11 is 11.6. The zero-order chi connectivity index (χ0) is 17.1.